The summed E-state index contributed by atoms with van der Waals surface area (Å²) in [5.41, 5.74) is 3.78. The van der Waals surface area contributed by atoms with Gasteiger partial charge in [-0.15, -0.1) is 0 Å². The van der Waals surface area contributed by atoms with E-state index in [2.05, 4.69) is 10.6 Å². The number of hydrogen-bond acceptors (Lipinski definition) is 7. The van der Waals surface area contributed by atoms with E-state index >= 15 is 0 Å². The maximum absolute atomic E-state index is 13.7. The molecule has 0 aromatic heterocycles. The van der Waals surface area contributed by atoms with E-state index in [-0.39, 0.29) is 11.7 Å². The van der Waals surface area contributed by atoms with Crippen molar-refractivity contribution in [3.63, 3.8) is 0 Å². The van der Waals surface area contributed by atoms with Crippen LogP contribution in [0.2, 0.25) is 0 Å². The highest BCUT2D eigenvalue weighted by Gasteiger charge is 2.45. The predicted octanol–water partition coefficient (Wildman–Crippen LogP) is 3.93. The lowest BCUT2D eigenvalue weighted by Crippen LogP contribution is -2.39. The monoisotopic (exact) mass is 422 g/mol. The maximum atomic E-state index is 13.7. The van der Waals surface area contributed by atoms with Crippen LogP contribution >= 0.6 is 0 Å². The minimum Gasteiger partial charge on any atom is -0.493 e. The first-order chi connectivity index (χ1) is 15.0. The summed E-state index contributed by atoms with van der Waals surface area (Å²) in [5, 5.41) is 6.93. The number of carbonyl (C=O) groups excluding carboxylic acids is 2. The number of anilines is 2. The molecule has 0 radical (unpaired) electrons. The van der Waals surface area contributed by atoms with Crippen molar-refractivity contribution in [2.75, 3.05) is 32.0 Å². The number of benzene rings is 2. The average molecular weight is 422 g/mol. The van der Waals surface area contributed by atoms with Gasteiger partial charge in [-0.1, -0.05) is 31.2 Å². The second-order valence-electron chi connectivity index (χ2n) is 7.77. The number of nitrogens with one attached hydrogen (secondary N) is 2. The van der Waals surface area contributed by atoms with Crippen LogP contribution in [0.15, 0.2) is 53.7 Å². The number of fused-ring (bicyclic) bond motifs is 1. The van der Waals surface area contributed by atoms with Crippen LogP contribution in [0.4, 0.5) is 11.4 Å². The molecule has 1 heterocycles. The fraction of sp³-hybridized carbons (Fsp3) is 0.333. The molecule has 2 aromatic rings. The van der Waals surface area contributed by atoms with Crippen molar-refractivity contribution in [1.29, 1.82) is 0 Å². The first-order valence-electron chi connectivity index (χ1n) is 10.2. The van der Waals surface area contributed by atoms with Gasteiger partial charge in [0.05, 0.1) is 38.7 Å². The number of Topliss-reactive ketones (excluding diaryl/α,β-unsaturated/α-hetero) is 1. The Labute approximate surface area is 181 Å². The van der Waals surface area contributed by atoms with E-state index in [0.717, 1.165) is 22.6 Å². The Bertz CT molecular complexity index is 1060. The summed E-state index contributed by atoms with van der Waals surface area (Å²) in [6, 6.07) is 12.8. The van der Waals surface area contributed by atoms with E-state index in [1.807, 2.05) is 49.4 Å². The zero-order valence-corrected chi connectivity index (χ0v) is 18.0. The lowest BCUT2D eigenvalue weighted by molar-refractivity contribution is -0.151. The summed E-state index contributed by atoms with van der Waals surface area (Å²) in [5.74, 6) is -0.701. The molecule has 0 spiro atoms. The van der Waals surface area contributed by atoms with E-state index in [1.165, 1.54) is 7.11 Å². The molecule has 0 bridgehead atoms. The van der Waals surface area contributed by atoms with Crippen LogP contribution in [-0.2, 0) is 14.3 Å². The van der Waals surface area contributed by atoms with Crippen LogP contribution in [0.3, 0.4) is 0 Å². The topological polar surface area (TPSA) is 85.9 Å². The zero-order chi connectivity index (χ0) is 22.1. The molecule has 7 heteroatoms. The van der Waals surface area contributed by atoms with Crippen LogP contribution in [0.1, 0.15) is 24.9 Å². The second-order valence-corrected chi connectivity index (χ2v) is 7.77. The van der Waals surface area contributed by atoms with Gasteiger partial charge in [0.15, 0.2) is 17.3 Å². The molecule has 162 valence electrons. The molecule has 4 rings (SSSR count). The number of hydrogen-bond donors (Lipinski definition) is 2. The number of para-hydroxylation sites is 3. The first-order valence-corrected chi connectivity index (χ1v) is 10.2. The normalized spacial score (nSPS) is 22.3. The lowest BCUT2D eigenvalue weighted by Gasteiger charge is -2.33. The fourth-order valence-corrected chi connectivity index (χ4v) is 4.51. The number of ether oxygens (including phenoxy) is 3. The SMILES string of the molecule is COC(=O)[C@@H]1C(=O)C2=C(C[C@@H]1C)Nc1ccccc1N[C@H]2c1cccc(OC)c1OC. The van der Waals surface area contributed by atoms with Gasteiger partial charge >= 0.3 is 5.97 Å². The summed E-state index contributed by atoms with van der Waals surface area (Å²) in [6.07, 6.45) is 0.541. The Balaban J connectivity index is 1.93. The summed E-state index contributed by atoms with van der Waals surface area (Å²) < 4.78 is 16.1. The highest BCUT2D eigenvalue weighted by atomic mass is 16.5. The van der Waals surface area contributed by atoms with Crippen molar-refractivity contribution >= 4 is 23.1 Å². The van der Waals surface area contributed by atoms with E-state index in [0.29, 0.717) is 23.5 Å². The van der Waals surface area contributed by atoms with Crippen molar-refractivity contribution in [2.24, 2.45) is 11.8 Å². The van der Waals surface area contributed by atoms with Crippen molar-refractivity contribution in [2.45, 2.75) is 19.4 Å². The highest BCUT2D eigenvalue weighted by Crippen LogP contribution is 2.47. The van der Waals surface area contributed by atoms with Gasteiger partial charge in [-0.25, -0.2) is 0 Å². The summed E-state index contributed by atoms with van der Waals surface area (Å²) in [4.78, 5) is 26.2. The predicted molar refractivity (Wildman–Crippen MR) is 117 cm³/mol. The average Bonchev–Trinajstić information content (AvgIpc) is 2.94. The zero-order valence-electron chi connectivity index (χ0n) is 18.0. The summed E-state index contributed by atoms with van der Waals surface area (Å²) in [7, 11) is 4.46. The van der Waals surface area contributed by atoms with Gasteiger partial charge in [0, 0.05) is 16.8 Å². The van der Waals surface area contributed by atoms with E-state index in [9.17, 15) is 9.59 Å². The molecule has 7 nitrogen and oxygen atoms in total. The molecule has 0 saturated heterocycles. The van der Waals surface area contributed by atoms with Gasteiger partial charge < -0.3 is 24.8 Å². The second kappa shape index (κ2) is 8.34. The van der Waals surface area contributed by atoms with Crippen LogP contribution in [-0.4, -0.2) is 33.1 Å². The van der Waals surface area contributed by atoms with Gasteiger partial charge in [0.2, 0.25) is 0 Å². The fourth-order valence-electron chi connectivity index (χ4n) is 4.51. The van der Waals surface area contributed by atoms with E-state index in [4.69, 9.17) is 14.2 Å². The highest BCUT2D eigenvalue weighted by molar-refractivity contribution is 6.11. The molecule has 0 saturated carbocycles. The molecular formula is C24H26N2O5. The Morgan fingerprint density at radius 1 is 1.00 bits per heavy atom. The minimum absolute atomic E-state index is 0.190. The smallest absolute Gasteiger partial charge is 0.316 e. The van der Waals surface area contributed by atoms with Crippen molar-refractivity contribution in [1.82, 2.24) is 0 Å². The molecule has 31 heavy (non-hydrogen) atoms. The number of methoxy groups -OCH3 is 3. The van der Waals surface area contributed by atoms with Gasteiger partial charge in [-0.05, 0) is 30.5 Å². The Hall–Kier alpha value is -3.48. The van der Waals surface area contributed by atoms with Crippen molar-refractivity contribution in [3.05, 3.63) is 59.3 Å². The van der Waals surface area contributed by atoms with Crippen molar-refractivity contribution < 1.29 is 23.8 Å². The summed E-state index contributed by atoms with van der Waals surface area (Å²) >= 11 is 0. The molecule has 0 amide bonds. The molecule has 2 aromatic carbocycles. The van der Waals surface area contributed by atoms with Gasteiger partial charge in [0.25, 0.3) is 0 Å². The molecule has 3 atom stereocenters. The Kier molecular flexibility index (Phi) is 5.59. The van der Waals surface area contributed by atoms with E-state index in [1.54, 1.807) is 14.2 Å². The van der Waals surface area contributed by atoms with Crippen LogP contribution < -0.4 is 20.1 Å². The van der Waals surface area contributed by atoms with Crippen LogP contribution in [0, 0.1) is 11.8 Å². The number of ketones is 1. The third kappa shape index (κ3) is 3.50. The van der Waals surface area contributed by atoms with Crippen molar-refractivity contribution in [3.8, 4) is 11.5 Å². The molecular weight excluding hydrogens is 396 g/mol. The standard InChI is InChI=1S/C24H26N2O5/c1-13-12-17-20(22(27)19(13)24(28)31-4)21(26-16-10-6-5-9-15(16)25-17)14-8-7-11-18(29-2)23(14)30-3/h5-11,13,19,21,25-26H,12H2,1-4H3/t13-,19-,21-/m0/s1. The molecule has 1 aliphatic heterocycles. The summed E-state index contributed by atoms with van der Waals surface area (Å²) in [6.45, 7) is 1.90. The third-order valence-electron chi connectivity index (χ3n) is 5.97. The molecule has 2 N–H and O–H groups in total. The van der Waals surface area contributed by atoms with Crippen LogP contribution in [0.25, 0.3) is 0 Å². The first kappa shape index (κ1) is 20.8. The number of carbonyl (C=O) groups is 2. The quantitative estimate of drug-likeness (QED) is 0.570. The molecule has 1 aliphatic carbocycles. The third-order valence-corrected chi connectivity index (χ3v) is 5.97. The molecule has 2 aliphatic rings. The van der Waals surface area contributed by atoms with Gasteiger partial charge in [-0.2, -0.15) is 0 Å². The molecule has 0 unspecified atom stereocenters. The number of rotatable bonds is 4. The van der Waals surface area contributed by atoms with Gasteiger partial charge in [-0.3, -0.25) is 9.59 Å². The van der Waals surface area contributed by atoms with Crippen LogP contribution in [0.5, 0.6) is 11.5 Å². The molecule has 0 fully saturated rings. The minimum atomic E-state index is -0.854. The lowest BCUT2D eigenvalue weighted by atomic mass is 9.74. The Morgan fingerprint density at radius 3 is 2.42 bits per heavy atom. The largest absolute Gasteiger partial charge is 0.493 e. The number of allylic oxidation sites excluding steroid dienone is 1. The van der Waals surface area contributed by atoms with E-state index < -0.39 is 17.9 Å². The maximum Gasteiger partial charge on any atom is 0.316 e. The number of esters is 1. The van der Waals surface area contributed by atoms with Gasteiger partial charge in [0.1, 0.15) is 5.92 Å². The Morgan fingerprint density at radius 2 is 1.74 bits per heavy atom.